The monoisotopic (exact) mass is 508 g/mol. The second-order valence-corrected chi connectivity index (χ2v) is 12.3. The zero-order chi connectivity index (χ0) is 25.5. The summed E-state index contributed by atoms with van der Waals surface area (Å²) in [5.74, 6) is 0. The molecule has 0 N–H and O–H groups in total. The average Bonchev–Trinajstić information content (AvgIpc) is 3.25. The largest absolute Gasteiger partial charge is 0.135 e. The van der Waals surface area contributed by atoms with Gasteiger partial charge in [-0.15, -0.1) is 11.3 Å². The Morgan fingerprint density at radius 2 is 0.865 bits per heavy atom. The summed E-state index contributed by atoms with van der Waals surface area (Å²) in [5, 5.41) is 8.35. The van der Waals surface area contributed by atoms with Crippen molar-refractivity contribution in [1.29, 1.82) is 0 Å². The summed E-state index contributed by atoms with van der Waals surface area (Å²) < 4.78 is 2.84. The first-order chi connectivity index (χ1) is 18.2. The summed E-state index contributed by atoms with van der Waals surface area (Å²) >= 11 is 1.96. The SMILES string of the molecule is CCCCCCCCc1ccc2cc3c(cc2c1)sc1cc2cc(CCCCCCCC)ccc2cc13. The van der Waals surface area contributed by atoms with Crippen LogP contribution in [-0.4, -0.2) is 0 Å². The molecular weight excluding hydrogens is 464 g/mol. The fourth-order valence-electron chi connectivity index (χ4n) is 5.89. The smallest absolute Gasteiger partial charge is 0.0361 e. The van der Waals surface area contributed by atoms with Crippen LogP contribution < -0.4 is 0 Å². The summed E-state index contributed by atoms with van der Waals surface area (Å²) in [4.78, 5) is 0. The fraction of sp³-hybridized carbons (Fsp3) is 0.444. The minimum atomic E-state index is 1.21. The van der Waals surface area contributed by atoms with Crippen LogP contribution in [0.4, 0.5) is 0 Å². The van der Waals surface area contributed by atoms with Crippen molar-refractivity contribution in [2.45, 2.75) is 104 Å². The van der Waals surface area contributed by atoms with E-state index in [4.69, 9.17) is 0 Å². The minimum Gasteiger partial charge on any atom is -0.135 e. The Bertz CT molecular complexity index is 1340. The number of unbranched alkanes of at least 4 members (excludes halogenated alkanes) is 10. The van der Waals surface area contributed by atoms with Gasteiger partial charge in [-0.2, -0.15) is 0 Å². The molecule has 0 unspecified atom stereocenters. The Hall–Kier alpha value is -2.38. The van der Waals surface area contributed by atoms with E-state index < -0.39 is 0 Å². The van der Waals surface area contributed by atoms with Gasteiger partial charge < -0.3 is 0 Å². The van der Waals surface area contributed by atoms with Crippen molar-refractivity contribution in [2.24, 2.45) is 0 Å². The average molecular weight is 509 g/mol. The first-order valence-electron chi connectivity index (χ1n) is 15.1. The molecule has 0 fully saturated rings. The third kappa shape index (κ3) is 6.55. The summed E-state index contributed by atoms with van der Waals surface area (Å²) in [7, 11) is 0. The maximum Gasteiger partial charge on any atom is 0.0361 e. The number of benzene rings is 4. The van der Waals surface area contributed by atoms with Crippen LogP contribution in [0.3, 0.4) is 0 Å². The first-order valence-corrected chi connectivity index (χ1v) is 15.9. The van der Waals surface area contributed by atoms with Gasteiger partial charge in [0.05, 0.1) is 0 Å². The van der Waals surface area contributed by atoms with Crippen LogP contribution in [0.2, 0.25) is 0 Å². The lowest BCUT2D eigenvalue weighted by atomic mass is 9.98. The van der Waals surface area contributed by atoms with Crippen LogP contribution in [0.5, 0.6) is 0 Å². The van der Waals surface area contributed by atoms with Gasteiger partial charge in [0.25, 0.3) is 0 Å². The second-order valence-electron chi connectivity index (χ2n) is 11.2. The first kappa shape index (κ1) is 26.2. The molecule has 0 atom stereocenters. The summed E-state index contributed by atoms with van der Waals surface area (Å²) in [6.07, 6.45) is 18.8. The summed E-state index contributed by atoms with van der Waals surface area (Å²) in [6.45, 7) is 4.58. The van der Waals surface area contributed by atoms with Crippen molar-refractivity contribution in [1.82, 2.24) is 0 Å². The third-order valence-corrected chi connectivity index (χ3v) is 9.27. The molecule has 0 nitrogen and oxygen atoms in total. The van der Waals surface area contributed by atoms with Crippen LogP contribution in [-0.2, 0) is 12.8 Å². The van der Waals surface area contributed by atoms with E-state index in [0.29, 0.717) is 0 Å². The van der Waals surface area contributed by atoms with E-state index in [1.165, 1.54) is 143 Å². The van der Waals surface area contributed by atoms with Gasteiger partial charge in [-0.1, -0.05) is 114 Å². The van der Waals surface area contributed by atoms with E-state index in [-0.39, 0.29) is 0 Å². The lowest BCUT2D eigenvalue weighted by Gasteiger charge is -2.06. The predicted octanol–water partition coefficient (Wildman–Crippen LogP) is 12.2. The van der Waals surface area contributed by atoms with Gasteiger partial charge in [-0.25, -0.2) is 0 Å². The quantitative estimate of drug-likeness (QED) is 0.131. The summed E-state index contributed by atoms with van der Waals surface area (Å²) in [6, 6.07) is 24.0. The Morgan fingerprint density at radius 3 is 1.32 bits per heavy atom. The van der Waals surface area contributed by atoms with Gasteiger partial charge in [0.1, 0.15) is 0 Å². The van der Waals surface area contributed by atoms with Crippen molar-refractivity contribution >= 4 is 53.1 Å². The van der Waals surface area contributed by atoms with E-state index in [1.807, 2.05) is 11.3 Å². The molecule has 0 radical (unpaired) electrons. The second kappa shape index (κ2) is 12.9. The van der Waals surface area contributed by atoms with Crippen molar-refractivity contribution in [3.63, 3.8) is 0 Å². The van der Waals surface area contributed by atoms with E-state index >= 15 is 0 Å². The molecule has 1 aromatic heterocycles. The molecule has 5 aromatic rings. The standard InChI is InChI=1S/C36H44S/c1-3-5-7-9-11-13-15-27-17-19-29-23-33-34-24-30-20-18-28(16-14-12-10-8-6-4-2)22-32(30)26-36(34)37-35(33)25-31(29)21-27/h17-26H,3-16H2,1-2H3. The lowest BCUT2D eigenvalue weighted by Crippen LogP contribution is -1.87. The normalized spacial score (nSPS) is 11.9. The number of fused-ring (bicyclic) bond motifs is 5. The van der Waals surface area contributed by atoms with Gasteiger partial charge in [-0.3, -0.25) is 0 Å². The number of hydrogen-bond acceptors (Lipinski definition) is 1. The molecule has 5 rings (SSSR count). The van der Waals surface area contributed by atoms with E-state index in [1.54, 1.807) is 0 Å². The minimum absolute atomic E-state index is 1.21. The highest BCUT2D eigenvalue weighted by atomic mass is 32.1. The van der Waals surface area contributed by atoms with Crippen molar-refractivity contribution in [3.8, 4) is 0 Å². The van der Waals surface area contributed by atoms with Gasteiger partial charge in [0, 0.05) is 20.2 Å². The zero-order valence-electron chi connectivity index (χ0n) is 23.1. The maximum absolute atomic E-state index is 2.44. The van der Waals surface area contributed by atoms with Crippen molar-refractivity contribution < 1.29 is 0 Å². The molecule has 0 bridgehead atoms. The highest BCUT2D eigenvalue weighted by molar-refractivity contribution is 7.26. The molecule has 1 heteroatoms. The molecular formula is C36H44S. The maximum atomic E-state index is 2.44. The fourth-order valence-corrected chi connectivity index (χ4v) is 7.06. The van der Waals surface area contributed by atoms with Crippen LogP contribution in [0, 0.1) is 0 Å². The van der Waals surface area contributed by atoms with Gasteiger partial charge >= 0.3 is 0 Å². The molecule has 1 heterocycles. The van der Waals surface area contributed by atoms with Crippen LogP contribution in [0.15, 0.2) is 60.7 Å². The van der Waals surface area contributed by atoms with Crippen molar-refractivity contribution in [3.05, 3.63) is 71.8 Å². The number of hydrogen-bond donors (Lipinski definition) is 0. The molecule has 37 heavy (non-hydrogen) atoms. The Morgan fingerprint density at radius 1 is 0.432 bits per heavy atom. The topological polar surface area (TPSA) is 0 Å². The van der Waals surface area contributed by atoms with Gasteiger partial charge in [-0.05, 0) is 82.6 Å². The van der Waals surface area contributed by atoms with Crippen LogP contribution >= 0.6 is 11.3 Å². The van der Waals surface area contributed by atoms with Gasteiger partial charge in [0.2, 0.25) is 0 Å². The summed E-state index contributed by atoms with van der Waals surface area (Å²) in [5.41, 5.74) is 2.99. The highest BCUT2D eigenvalue weighted by Gasteiger charge is 2.09. The Balaban J connectivity index is 1.33. The number of rotatable bonds is 14. The van der Waals surface area contributed by atoms with Crippen molar-refractivity contribution in [2.75, 3.05) is 0 Å². The number of thiophene rings is 1. The third-order valence-electron chi connectivity index (χ3n) is 8.15. The van der Waals surface area contributed by atoms with E-state index in [0.717, 1.165) is 0 Å². The molecule has 0 aliphatic rings. The zero-order valence-corrected chi connectivity index (χ0v) is 23.9. The molecule has 0 aliphatic heterocycles. The van der Waals surface area contributed by atoms with Gasteiger partial charge in [0.15, 0.2) is 0 Å². The molecule has 4 aromatic carbocycles. The molecule has 0 saturated heterocycles. The van der Waals surface area contributed by atoms with E-state index in [2.05, 4.69) is 74.5 Å². The molecule has 194 valence electrons. The van der Waals surface area contributed by atoms with E-state index in [9.17, 15) is 0 Å². The predicted molar refractivity (Wildman–Crippen MR) is 169 cm³/mol. The van der Waals surface area contributed by atoms with Crippen LogP contribution in [0.1, 0.15) is 102 Å². The molecule has 0 amide bonds. The highest BCUT2D eigenvalue weighted by Crippen LogP contribution is 2.39. The molecule has 0 spiro atoms. The Labute approximate surface area is 228 Å². The van der Waals surface area contributed by atoms with Crippen LogP contribution in [0.25, 0.3) is 41.7 Å². The number of aryl methyl sites for hydroxylation is 2. The lowest BCUT2D eigenvalue weighted by molar-refractivity contribution is 0.607. The molecule has 0 saturated carbocycles. The molecule has 0 aliphatic carbocycles. The Kier molecular flexibility index (Phi) is 9.16.